The van der Waals surface area contributed by atoms with Gasteiger partial charge in [0.25, 0.3) is 0 Å². The number of oxazole rings is 1. The fourth-order valence-electron chi connectivity index (χ4n) is 2.95. The largest absolute Gasteiger partial charge is 0.496 e. The van der Waals surface area contributed by atoms with Gasteiger partial charge in [-0.2, -0.15) is 0 Å². The van der Waals surface area contributed by atoms with Crippen LogP contribution < -0.4 is 4.74 Å². The van der Waals surface area contributed by atoms with Gasteiger partial charge < -0.3 is 13.7 Å². The molecule has 0 N–H and O–H groups in total. The van der Waals surface area contributed by atoms with Crippen LogP contribution in [0.4, 0.5) is 0 Å². The minimum Gasteiger partial charge on any atom is -0.496 e. The highest BCUT2D eigenvalue weighted by molar-refractivity contribution is 7.98. The van der Waals surface area contributed by atoms with Gasteiger partial charge in [-0.25, -0.2) is 4.98 Å². The molecular formula is C21H20N4O2S. The number of benzene rings is 2. The number of ether oxygens (including phenoxy) is 1. The molecule has 2 aromatic carbocycles. The molecule has 0 fully saturated rings. The van der Waals surface area contributed by atoms with Crippen molar-refractivity contribution in [1.29, 1.82) is 0 Å². The van der Waals surface area contributed by atoms with E-state index in [0.717, 1.165) is 40.2 Å². The fourth-order valence-corrected chi connectivity index (χ4v) is 3.80. The molecule has 6 nitrogen and oxygen atoms in total. The summed E-state index contributed by atoms with van der Waals surface area (Å²) in [6, 6.07) is 17.8. The predicted molar refractivity (Wildman–Crippen MR) is 109 cm³/mol. The molecule has 28 heavy (non-hydrogen) atoms. The molecule has 142 valence electrons. The van der Waals surface area contributed by atoms with E-state index in [9.17, 15) is 0 Å². The van der Waals surface area contributed by atoms with Gasteiger partial charge in [0, 0.05) is 12.1 Å². The van der Waals surface area contributed by atoms with E-state index in [2.05, 4.69) is 26.7 Å². The second-order valence-corrected chi connectivity index (χ2v) is 6.97. The minimum atomic E-state index is 0.580. The first-order valence-corrected chi connectivity index (χ1v) is 9.98. The predicted octanol–water partition coefficient (Wildman–Crippen LogP) is 4.92. The monoisotopic (exact) mass is 392 g/mol. The zero-order valence-electron chi connectivity index (χ0n) is 15.7. The van der Waals surface area contributed by atoms with Crippen molar-refractivity contribution in [2.45, 2.75) is 24.4 Å². The maximum absolute atomic E-state index is 5.88. The molecule has 0 spiro atoms. The maximum atomic E-state index is 5.88. The molecule has 7 heteroatoms. The second kappa shape index (κ2) is 8.31. The Morgan fingerprint density at radius 3 is 2.61 bits per heavy atom. The molecule has 2 aromatic heterocycles. The van der Waals surface area contributed by atoms with E-state index in [-0.39, 0.29) is 0 Å². The van der Waals surface area contributed by atoms with Crippen LogP contribution in [-0.4, -0.2) is 26.9 Å². The second-order valence-electron chi connectivity index (χ2n) is 6.02. The lowest BCUT2D eigenvalue weighted by Crippen LogP contribution is -2.01. The van der Waals surface area contributed by atoms with Crippen molar-refractivity contribution in [3.8, 4) is 28.5 Å². The maximum Gasteiger partial charge on any atom is 0.205 e. The number of aromatic nitrogens is 4. The first kappa shape index (κ1) is 18.3. The molecule has 0 bridgehead atoms. The summed E-state index contributed by atoms with van der Waals surface area (Å²) in [6.07, 6.45) is 1.76. The topological polar surface area (TPSA) is 66.0 Å². The summed E-state index contributed by atoms with van der Waals surface area (Å²) in [5.74, 6) is 3.58. The molecule has 4 aromatic rings. The van der Waals surface area contributed by atoms with Gasteiger partial charge >= 0.3 is 0 Å². The number of hydrogen-bond acceptors (Lipinski definition) is 6. The van der Waals surface area contributed by atoms with Crippen LogP contribution in [0.5, 0.6) is 5.75 Å². The van der Waals surface area contributed by atoms with Gasteiger partial charge in [0.1, 0.15) is 5.75 Å². The third-order valence-electron chi connectivity index (χ3n) is 4.32. The highest BCUT2D eigenvalue weighted by Crippen LogP contribution is 2.32. The van der Waals surface area contributed by atoms with Crippen molar-refractivity contribution in [3.05, 3.63) is 66.7 Å². The number of rotatable bonds is 7. The zero-order chi connectivity index (χ0) is 19.3. The quantitative estimate of drug-likeness (QED) is 0.416. The Balaban J connectivity index is 1.53. The molecule has 0 saturated heterocycles. The number of para-hydroxylation sites is 1. The Hall–Kier alpha value is -3.06. The van der Waals surface area contributed by atoms with Crippen LogP contribution in [0.1, 0.15) is 12.8 Å². The summed E-state index contributed by atoms with van der Waals surface area (Å²) in [4.78, 5) is 4.39. The van der Waals surface area contributed by atoms with E-state index in [4.69, 9.17) is 9.15 Å². The van der Waals surface area contributed by atoms with Gasteiger partial charge in [-0.15, -0.1) is 10.2 Å². The van der Waals surface area contributed by atoms with Crippen molar-refractivity contribution in [2.75, 3.05) is 7.11 Å². The first-order chi connectivity index (χ1) is 13.8. The molecule has 0 amide bonds. The third-order valence-corrected chi connectivity index (χ3v) is 5.27. The van der Waals surface area contributed by atoms with Crippen molar-refractivity contribution < 1.29 is 9.15 Å². The standard InChI is InChI=1S/C21H20N4O2S/c1-3-25-20(16-11-7-8-12-17(16)26-2)23-24-21(25)28-14-19-22-13-18(27-19)15-9-5-4-6-10-15/h4-13H,3,14H2,1-2H3. The lowest BCUT2D eigenvalue weighted by Gasteiger charge is -2.10. The Bertz CT molecular complexity index is 1060. The van der Waals surface area contributed by atoms with Crippen LogP contribution in [0.2, 0.25) is 0 Å². The van der Waals surface area contributed by atoms with Gasteiger partial charge in [0.05, 0.1) is 24.6 Å². The fraction of sp³-hybridized carbons (Fsp3) is 0.190. The summed E-state index contributed by atoms with van der Waals surface area (Å²) in [7, 11) is 1.66. The summed E-state index contributed by atoms with van der Waals surface area (Å²) >= 11 is 1.55. The van der Waals surface area contributed by atoms with Crippen LogP contribution in [0.15, 0.2) is 70.4 Å². The Labute approximate surface area is 167 Å². The highest BCUT2D eigenvalue weighted by Gasteiger charge is 2.17. The van der Waals surface area contributed by atoms with Gasteiger partial charge in [-0.3, -0.25) is 0 Å². The van der Waals surface area contributed by atoms with Crippen molar-refractivity contribution in [3.63, 3.8) is 0 Å². The van der Waals surface area contributed by atoms with E-state index in [1.54, 1.807) is 25.1 Å². The van der Waals surface area contributed by atoms with Gasteiger partial charge in [-0.05, 0) is 19.1 Å². The molecule has 0 aliphatic carbocycles. The molecule has 0 aliphatic rings. The van der Waals surface area contributed by atoms with Crippen LogP contribution in [-0.2, 0) is 12.3 Å². The molecule has 0 saturated carbocycles. The molecule has 0 unspecified atom stereocenters. The Morgan fingerprint density at radius 2 is 1.82 bits per heavy atom. The summed E-state index contributed by atoms with van der Waals surface area (Å²) in [6.45, 7) is 2.83. The van der Waals surface area contributed by atoms with Gasteiger partial charge in [-0.1, -0.05) is 54.2 Å². The third kappa shape index (κ3) is 3.66. The lowest BCUT2D eigenvalue weighted by molar-refractivity contribution is 0.416. The average molecular weight is 392 g/mol. The Morgan fingerprint density at radius 1 is 1.04 bits per heavy atom. The van der Waals surface area contributed by atoms with Crippen LogP contribution in [0.25, 0.3) is 22.7 Å². The normalized spacial score (nSPS) is 10.9. The van der Waals surface area contributed by atoms with Crippen LogP contribution in [0.3, 0.4) is 0 Å². The number of nitrogens with zero attached hydrogens (tertiary/aromatic N) is 4. The first-order valence-electron chi connectivity index (χ1n) is 8.99. The van der Waals surface area contributed by atoms with Gasteiger partial charge in [0.15, 0.2) is 16.7 Å². The summed E-state index contributed by atoms with van der Waals surface area (Å²) in [5.41, 5.74) is 1.94. The Kier molecular flexibility index (Phi) is 5.43. The van der Waals surface area contributed by atoms with E-state index in [1.807, 2.05) is 54.6 Å². The lowest BCUT2D eigenvalue weighted by atomic mass is 10.2. The molecule has 2 heterocycles. The van der Waals surface area contributed by atoms with Crippen molar-refractivity contribution in [2.24, 2.45) is 0 Å². The van der Waals surface area contributed by atoms with Crippen LogP contribution in [0, 0.1) is 0 Å². The van der Waals surface area contributed by atoms with Gasteiger partial charge in [0.2, 0.25) is 5.89 Å². The minimum absolute atomic E-state index is 0.580. The zero-order valence-corrected chi connectivity index (χ0v) is 16.5. The van der Waals surface area contributed by atoms with Crippen LogP contribution >= 0.6 is 11.8 Å². The van der Waals surface area contributed by atoms with Crippen molar-refractivity contribution in [1.82, 2.24) is 19.7 Å². The van der Waals surface area contributed by atoms with E-state index in [1.165, 1.54) is 0 Å². The molecule has 0 atom stereocenters. The molecule has 0 aliphatic heterocycles. The molecule has 0 radical (unpaired) electrons. The molecular weight excluding hydrogens is 372 g/mol. The average Bonchev–Trinajstić information content (AvgIpc) is 3.39. The molecule has 4 rings (SSSR count). The summed E-state index contributed by atoms with van der Waals surface area (Å²) < 4.78 is 13.4. The number of hydrogen-bond donors (Lipinski definition) is 0. The van der Waals surface area contributed by atoms with Crippen molar-refractivity contribution >= 4 is 11.8 Å². The number of thioether (sulfide) groups is 1. The number of methoxy groups -OCH3 is 1. The van der Waals surface area contributed by atoms with E-state index in [0.29, 0.717) is 11.6 Å². The SMILES string of the molecule is CCn1c(SCc2ncc(-c3ccccc3)o2)nnc1-c1ccccc1OC. The smallest absolute Gasteiger partial charge is 0.205 e. The highest BCUT2D eigenvalue weighted by atomic mass is 32.2. The summed E-state index contributed by atoms with van der Waals surface area (Å²) in [5, 5.41) is 9.58. The van der Waals surface area contributed by atoms with E-state index >= 15 is 0 Å². The van der Waals surface area contributed by atoms with E-state index < -0.39 is 0 Å².